The van der Waals surface area contributed by atoms with Crippen molar-refractivity contribution in [3.8, 4) is 11.1 Å². The number of aliphatic imine (C=N–C) groups is 1. The fourth-order valence-corrected chi connectivity index (χ4v) is 4.67. The smallest absolute Gasteiger partial charge is 0.320 e. The van der Waals surface area contributed by atoms with Crippen molar-refractivity contribution in [1.29, 1.82) is 0 Å². The van der Waals surface area contributed by atoms with Crippen molar-refractivity contribution in [2.24, 2.45) is 10.7 Å². The van der Waals surface area contributed by atoms with Crippen LogP contribution in [0.15, 0.2) is 83.9 Å². The summed E-state index contributed by atoms with van der Waals surface area (Å²) in [6.07, 6.45) is 2.12. The van der Waals surface area contributed by atoms with Crippen LogP contribution in [0.25, 0.3) is 11.1 Å². The Hall–Kier alpha value is -4.01. The van der Waals surface area contributed by atoms with Crippen LogP contribution in [-0.2, 0) is 20.7 Å². The van der Waals surface area contributed by atoms with Gasteiger partial charge in [0.15, 0.2) is 5.78 Å². The molecule has 3 aromatic carbocycles. The lowest BCUT2D eigenvalue weighted by Crippen LogP contribution is -2.29. The molecule has 0 unspecified atom stereocenters. The number of nitrogens with zero attached hydrogens (tertiary/aromatic N) is 1. The topological polar surface area (TPSA) is 137 Å². The average Bonchev–Trinajstić information content (AvgIpc) is 3.28. The van der Waals surface area contributed by atoms with Crippen LogP contribution in [0.5, 0.6) is 0 Å². The molecule has 1 aliphatic rings. The van der Waals surface area contributed by atoms with E-state index < -0.39 is 24.1 Å². The third kappa shape index (κ3) is 8.76. The molecule has 1 aliphatic carbocycles. The molecule has 0 aromatic heterocycles. The van der Waals surface area contributed by atoms with Gasteiger partial charge in [-0.25, -0.2) is 0 Å². The second-order valence-electron chi connectivity index (χ2n) is 9.79. The number of Topliss-reactive ketones (excluding diaryl/α,β-unsaturated/α-hetero) is 1. The number of unbranched alkanes of at least 4 members (excludes halogenated alkanes) is 1. The van der Waals surface area contributed by atoms with E-state index in [-0.39, 0.29) is 18.3 Å². The number of nitrogens with one attached hydrogen (secondary N) is 1. The molecule has 0 aliphatic heterocycles. The van der Waals surface area contributed by atoms with Crippen molar-refractivity contribution in [1.82, 2.24) is 5.32 Å². The number of aliphatic carboxylic acids is 1. The number of carbonyl (C=O) groups is 2. The third-order valence-electron chi connectivity index (χ3n) is 6.85. The molecule has 0 bridgehead atoms. The Morgan fingerprint density at radius 3 is 2.10 bits per heavy atom. The number of nitrogens with two attached hydrogens (primary N) is 1. The number of ketones is 1. The zero-order valence-corrected chi connectivity index (χ0v) is 23.1. The van der Waals surface area contributed by atoms with Crippen molar-refractivity contribution < 1.29 is 24.5 Å². The minimum absolute atomic E-state index is 0.0218. The van der Waals surface area contributed by atoms with Gasteiger partial charge in [-0.3, -0.25) is 14.6 Å². The quantitative estimate of drug-likeness (QED) is 0.180. The first-order valence-electron chi connectivity index (χ1n) is 13.5. The summed E-state index contributed by atoms with van der Waals surface area (Å²) in [5.74, 6) is -1.08. The molecule has 0 spiro atoms. The summed E-state index contributed by atoms with van der Waals surface area (Å²) in [5, 5.41) is 23.8. The Balaban J connectivity index is 0.000000342. The molecular weight excluding hydrogens is 506 g/mol. The van der Waals surface area contributed by atoms with E-state index in [1.807, 2.05) is 61.6 Å². The first kappa shape index (κ1) is 30.5. The van der Waals surface area contributed by atoms with E-state index in [0.29, 0.717) is 12.8 Å². The van der Waals surface area contributed by atoms with Crippen LogP contribution in [0.4, 0.5) is 0 Å². The van der Waals surface area contributed by atoms with Crippen LogP contribution in [0, 0.1) is 0 Å². The standard InChI is InChI=1S/C25H23NO3.C7H16N2O2/c1-17(27)24(15-18-9-3-2-4-10-18)26-25(28)29-16-23-21-13-7-5-11-19(21)20-12-6-8-14-22(20)23;1-9-5-3-2-4-6(8)7(10)11/h2-14,23-24H,15-16H2,1H3,(H,26,28);6,9H,2-5,8H2,1H3,(H,10,11)/p-1/t24-;6-/m10/s1. The van der Waals surface area contributed by atoms with E-state index in [1.165, 1.54) is 18.1 Å². The second-order valence-corrected chi connectivity index (χ2v) is 9.79. The van der Waals surface area contributed by atoms with Gasteiger partial charge in [0.05, 0.1) is 0 Å². The van der Waals surface area contributed by atoms with Crippen molar-refractivity contribution in [2.75, 3.05) is 20.2 Å². The third-order valence-corrected chi connectivity index (χ3v) is 6.85. The second kappa shape index (κ2) is 15.5. The summed E-state index contributed by atoms with van der Waals surface area (Å²) in [7, 11) is 1.87. The molecule has 2 atom stereocenters. The van der Waals surface area contributed by atoms with Gasteiger partial charge in [-0.15, -0.1) is 0 Å². The molecular formula is C32H38N3O5-. The van der Waals surface area contributed by atoms with E-state index in [4.69, 9.17) is 15.6 Å². The van der Waals surface area contributed by atoms with Crippen LogP contribution in [0.1, 0.15) is 48.8 Å². The Morgan fingerprint density at radius 1 is 0.975 bits per heavy atom. The molecule has 8 nitrogen and oxygen atoms in total. The maximum atomic E-state index is 12.4. The van der Waals surface area contributed by atoms with Crippen molar-refractivity contribution >= 4 is 17.8 Å². The Kier molecular flexibility index (Phi) is 11.9. The van der Waals surface area contributed by atoms with E-state index in [9.17, 15) is 14.7 Å². The highest BCUT2D eigenvalue weighted by molar-refractivity contribution is 5.84. The minimum atomic E-state index is -0.908. The van der Waals surface area contributed by atoms with Gasteiger partial charge in [0.25, 0.3) is 0 Å². The van der Waals surface area contributed by atoms with E-state index in [1.54, 1.807) is 0 Å². The highest BCUT2D eigenvalue weighted by Gasteiger charge is 2.27. The lowest BCUT2D eigenvalue weighted by Gasteiger charge is -2.22. The fourth-order valence-electron chi connectivity index (χ4n) is 4.67. The molecule has 0 amide bonds. The number of carbonyl (C=O) groups excluding carboxylic acids is 1. The highest BCUT2D eigenvalue weighted by Crippen LogP contribution is 2.44. The van der Waals surface area contributed by atoms with Crippen molar-refractivity contribution in [3.05, 3.63) is 95.6 Å². The number of ether oxygens (including phenoxy) is 1. The number of carboxylic acid groups (broad SMARTS) is 1. The molecule has 0 heterocycles. The first-order valence-corrected chi connectivity index (χ1v) is 13.5. The molecule has 0 radical (unpaired) electrons. The van der Waals surface area contributed by atoms with Gasteiger partial charge in [-0.1, -0.05) is 85.3 Å². The zero-order chi connectivity index (χ0) is 28.9. The average molecular weight is 545 g/mol. The number of carboxylic acids is 1. The van der Waals surface area contributed by atoms with Gasteiger partial charge in [-0.2, -0.15) is 0 Å². The summed E-state index contributed by atoms with van der Waals surface area (Å²) in [6.45, 7) is 2.58. The van der Waals surface area contributed by atoms with Gasteiger partial charge in [0.2, 0.25) is 0 Å². The number of hydrogen-bond donors (Lipinski definition) is 3. The van der Waals surface area contributed by atoms with Gasteiger partial charge in [-0.05, 0) is 61.2 Å². The lowest BCUT2D eigenvalue weighted by molar-refractivity contribution is -0.251. The van der Waals surface area contributed by atoms with Crippen LogP contribution in [0.3, 0.4) is 0 Å². The number of hydrogen-bond acceptors (Lipinski definition) is 7. The van der Waals surface area contributed by atoms with Gasteiger partial charge < -0.3 is 26.0 Å². The number of fused-ring (bicyclic) bond motifs is 3. The van der Waals surface area contributed by atoms with E-state index in [0.717, 1.165) is 36.1 Å². The molecule has 0 saturated heterocycles. The maximum Gasteiger partial charge on any atom is 0.320 e. The number of rotatable bonds is 12. The van der Waals surface area contributed by atoms with Crippen LogP contribution >= 0.6 is 0 Å². The predicted molar refractivity (Wildman–Crippen MR) is 155 cm³/mol. The molecule has 4 rings (SSSR count). The van der Waals surface area contributed by atoms with Gasteiger partial charge >= 0.3 is 5.97 Å². The summed E-state index contributed by atoms with van der Waals surface area (Å²) in [5.41, 5.74) is 10.9. The summed E-state index contributed by atoms with van der Waals surface area (Å²) in [4.78, 5) is 26.2. The first-order chi connectivity index (χ1) is 19.3. The highest BCUT2D eigenvalue weighted by atomic mass is 16.6. The van der Waals surface area contributed by atoms with Crippen molar-refractivity contribution in [3.63, 3.8) is 0 Å². The lowest BCUT2D eigenvalue weighted by atomic mass is 9.98. The zero-order valence-electron chi connectivity index (χ0n) is 23.1. The van der Waals surface area contributed by atoms with Crippen LogP contribution < -0.4 is 16.2 Å². The Morgan fingerprint density at radius 2 is 1.55 bits per heavy atom. The summed E-state index contributed by atoms with van der Waals surface area (Å²) >= 11 is 0. The van der Waals surface area contributed by atoms with Crippen LogP contribution in [-0.4, -0.2) is 55.2 Å². The fraction of sp³-hybridized carbons (Fsp3) is 0.344. The van der Waals surface area contributed by atoms with Crippen molar-refractivity contribution in [2.45, 2.75) is 50.6 Å². The largest absolute Gasteiger partial charge is 0.599 e. The van der Waals surface area contributed by atoms with Gasteiger partial charge in [0.1, 0.15) is 18.2 Å². The van der Waals surface area contributed by atoms with Crippen LogP contribution in [0.2, 0.25) is 0 Å². The normalized spacial score (nSPS) is 13.8. The molecule has 0 saturated carbocycles. The van der Waals surface area contributed by atoms with E-state index >= 15 is 0 Å². The van der Waals surface area contributed by atoms with E-state index in [2.05, 4.69) is 34.6 Å². The SMILES string of the molecule is CC(=O)[C@@H](Cc1ccccc1)N=C([O-])OCC1c2ccccc2-c2ccccc21.CNCCCC[C@H](N)C(=O)O. The summed E-state index contributed by atoms with van der Waals surface area (Å²) in [6, 6.07) is 24.5. The molecule has 4 N–H and O–H groups in total. The molecule has 8 heteroatoms. The molecule has 3 aromatic rings. The number of benzene rings is 3. The van der Waals surface area contributed by atoms with Gasteiger partial charge in [0, 0.05) is 18.9 Å². The Labute approximate surface area is 235 Å². The molecule has 212 valence electrons. The summed E-state index contributed by atoms with van der Waals surface area (Å²) < 4.78 is 5.50. The maximum absolute atomic E-state index is 12.4. The molecule has 0 fully saturated rings. The predicted octanol–water partition coefficient (Wildman–Crippen LogP) is 3.52. The molecule has 40 heavy (non-hydrogen) atoms. The Bertz CT molecular complexity index is 1230. The minimum Gasteiger partial charge on any atom is -0.599 e. The monoisotopic (exact) mass is 544 g/mol.